The Bertz CT molecular complexity index is 931. The van der Waals surface area contributed by atoms with Crippen LogP contribution in [-0.2, 0) is 4.74 Å². The van der Waals surface area contributed by atoms with Crippen molar-refractivity contribution >= 4 is 35.7 Å². The van der Waals surface area contributed by atoms with Gasteiger partial charge in [0, 0.05) is 18.8 Å². The van der Waals surface area contributed by atoms with Crippen molar-refractivity contribution in [2.45, 2.75) is 6.29 Å². The molecule has 1 fully saturated rings. The van der Waals surface area contributed by atoms with Gasteiger partial charge in [0.15, 0.2) is 0 Å². The Hall–Kier alpha value is -3.17. The Morgan fingerprint density at radius 3 is 2.42 bits per heavy atom. The van der Waals surface area contributed by atoms with E-state index in [9.17, 15) is 0 Å². The lowest BCUT2D eigenvalue weighted by atomic mass is 10.2. The zero-order valence-electron chi connectivity index (χ0n) is 17.5. The molecule has 9 nitrogen and oxygen atoms in total. The van der Waals surface area contributed by atoms with Gasteiger partial charge in [-0.1, -0.05) is 12.1 Å². The van der Waals surface area contributed by atoms with Crippen LogP contribution in [0.5, 0.6) is 11.5 Å². The molecular weight excluding hydrogens is 420 g/mol. The first-order valence-electron chi connectivity index (χ1n) is 9.77. The molecule has 0 spiro atoms. The zero-order chi connectivity index (χ0) is 20.9. The number of methoxy groups -OCH3 is 2. The molecule has 1 saturated heterocycles. The third-order valence-corrected chi connectivity index (χ3v) is 4.95. The van der Waals surface area contributed by atoms with E-state index >= 15 is 0 Å². The first-order valence-corrected chi connectivity index (χ1v) is 9.77. The molecule has 2 aromatic carbocycles. The fraction of sp³-hybridized carbons (Fsp3) is 0.333. The van der Waals surface area contributed by atoms with Crippen molar-refractivity contribution in [2.24, 2.45) is 15.7 Å². The van der Waals surface area contributed by atoms with Crippen molar-refractivity contribution in [3.63, 3.8) is 0 Å². The molecule has 2 aliphatic heterocycles. The van der Waals surface area contributed by atoms with E-state index in [1.54, 1.807) is 14.2 Å². The molecule has 4 rings (SSSR count). The molecule has 2 aliphatic rings. The Kier molecular flexibility index (Phi) is 7.43. The molecule has 0 bridgehead atoms. The highest BCUT2D eigenvalue weighted by atomic mass is 35.5. The van der Waals surface area contributed by atoms with Crippen molar-refractivity contribution in [1.82, 2.24) is 4.90 Å². The third-order valence-electron chi connectivity index (χ3n) is 4.95. The van der Waals surface area contributed by atoms with Crippen LogP contribution in [0.15, 0.2) is 58.5 Å². The van der Waals surface area contributed by atoms with Crippen molar-refractivity contribution in [2.75, 3.05) is 50.7 Å². The Morgan fingerprint density at radius 1 is 1.03 bits per heavy atom. The molecule has 0 saturated carbocycles. The standard InChI is InChI=1S/C21H26N6O3.ClH/c1-28-16-9-7-15(8-10-16)23-20-24-19(22)25-21(26-11-13-30-14-12-26)27(20)17-5-3-4-6-18(17)29-2;/h3-10,20,23H,11-14H2,1-2H3,(H2,22,24);1H. The second-order valence-corrected chi connectivity index (χ2v) is 6.79. The first-order chi connectivity index (χ1) is 14.7. The van der Waals surface area contributed by atoms with Crippen molar-refractivity contribution < 1.29 is 14.2 Å². The molecule has 0 aromatic heterocycles. The maximum atomic E-state index is 6.12. The van der Waals surface area contributed by atoms with Gasteiger partial charge in [0.25, 0.3) is 0 Å². The summed E-state index contributed by atoms with van der Waals surface area (Å²) in [7, 11) is 3.29. The first kappa shape index (κ1) is 22.5. The van der Waals surface area contributed by atoms with Crippen LogP contribution in [0.25, 0.3) is 0 Å². The molecule has 10 heteroatoms. The van der Waals surface area contributed by atoms with Crippen LogP contribution in [0.4, 0.5) is 11.4 Å². The molecule has 2 heterocycles. The number of hydrogen-bond donors (Lipinski definition) is 2. The molecule has 2 aromatic rings. The summed E-state index contributed by atoms with van der Waals surface area (Å²) >= 11 is 0. The third kappa shape index (κ3) is 4.95. The van der Waals surface area contributed by atoms with E-state index in [4.69, 9.17) is 19.9 Å². The highest BCUT2D eigenvalue weighted by Crippen LogP contribution is 2.32. The SMILES string of the molecule is COc1ccc(NC2N=C(N)N=C(N3CCOCC3)N2c2ccccc2OC)cc1.Cl. The number of anilines is 2. The molecule has 0 aliphatic carbocycles. The number of hydrogen-bond acceptors (Lipinski definition) is 9. The van der Waals surface area contributed by atoms with Gasteiger partial charge in [-0.3, -0.25) is 4.90 Å². The van der Waals surface area contributed by atoms with E-state index < -0.39 is 6.29 Å². The molecule has 31 heavy (non-hydrogen) atoms. The number of guanidine groups is 2. The average molecular weight is 447 g/mol. The van der Waals surface area contributed by atoms with Gasteiger partial charge in [0.2, 0.25) is 18.2 Å². The van der Waals surface area contributed by atoms with Gasteiger partial charge in [-0.15, -0.1) is 12.4 Å². The van der Waals surface area contributed by atoms with E-state index in [0.717, 1.165) is 22.9 Å². The van der Waals surface area contributed by atoms with E-state index in [1.807, 2.05) is 53.4 Å². The van der Waals surface area contributed by atoms with Crippen molar-refractivity contribution in [3.8, 4) is 11.5 Å². The maximum Gasteiger partial charge on any atom is 0.222 e. The molecule has 0 amide bonds. The van der Waals surface area contributed by atoms with Crippen LogP contribution >= 0.6 is 12.4 Å². The number of halogens is 1. The van der Waals surface area contributed by atoms with E-state index in [0.29, 0.717) is 32.3 Å². The molecule has 0 radical (unpaired) electrons. The molecule has 1 unspecified atom stereocenters. The van der Waals surface area contributed by atoms with E-state index in [-0.39, 0.29) is 18.4 Å². The quantitative estimate of drug-likeness (QED) is 0.727. The Labute approximate surface area is 187 Å². The summed E-state index contributed by atoms with van der Waals surface area (Å²) in [5.41, 5.74) is 7.83. The summed E-state index contributed by atoms with van der Waals surface area (Å²) in [6.07, 6.45) is -0.509. The largest absolute Gasteiger partial charge is 0.497 e. The lowest BCUT2D eigenvalue weighted by molar-refractivity contribution is 0.0671. The monoisotopic (exact) mass is 446 g/mol. The number of para-hydroxylation sites is 2. The van der Waals surface area contributed by atoms with E-state index in [2.05, 4.69) is 20.2 Å². The van der Waals surface area contributed by atoms with Crippen molar-refractivity contribution in [3.05, 3.63) is 48.5 Å². The van der Waals surface area contributed by atoms with Gasteiger partial charge in [-0.2, -0.15) is 4.99 Å². The van der Waals surface area contributed by atoms with Crippen LogP contribution < -0.4 is 25.4 Å². The predicted octanol–water partition coefficient (Wildman–Crippen LogP) is 2.34. The summed E-state index contributed by atoms with van der Waals surface area (Å²) in [6, 6.07) is 15.4. The number of nitrogens with two attached hydrogens (primary N) is 1. The fourth-order valence-electron chi connectivity index (χ4n) is 3.47. The van der Waals surface area contributed by atoms with Crippen LogP contribution in [0.2, 0.25) is 0 Å². The van der Waals surface area contributed by atoms with Crippen LogP contribution in [-0.4, -0.2) is 63.6 Å². The lowest BCUT2D eigenvalue weighted by Gasteiger charge is -2.41. The van der Waals surface area contributed by atoms with Crippen molar-refractivity contribution in [1.29, 1.82) is 0 Å². The number of nitrogens with one attached hydrogen (secondary N) is 1. The maximum absolute atomic E-state index is 6.12. The van der Waals surface area contributed by atoms with Gasteiger partial charge in [0.1, 0.15) is 11.5 Å². The fourth-order valence-corrected chi connectivity index (χ4v) is 3.47. The Balaban J connectivity index is 0.00000272. The average Bonchev–Trinajstić information content (AvgIpc) is 2.80. The smallest absolute Gasteiger partial charge is 0.222 e. The predicted molar refractivity (Wildman–Crippen MR) is 125 cm³/mol. The molecule has 166 valence electrons. The number of nitrogens with zero attached hydrogens (tertiary/aromatic N) is 4. The minimum absolute atomic E-state index is 0. The number of ether oxygens (including phenoxy) is 3. The van der Waals surface area contributed by atoms with Gasteiger partial charge < -0.3 is 30.2 Å². The van der Waals surface area contributed by atoms with Gasteiger partial charge in [-0.05, 0) is 36.4 Å². The lowest BCUT2D eigenvalue weighted by Crippen LogP contribution is -2.57. The minimum Gasteiger partial charge on any atom is -0.497 e. The van der Waals surface area contributed by atoms with Gasteiger partial charge >= 0.3 is 0 Å². The van der Waals surface area contributed by atoms with E-state index in [1.165, 1.54) is 0 Å². The zero-order valence-corrected chi connectivity index (χ0v) is 18.3. The molecule has 1 atom stereocenters. The second kappa shape index (κ2) is 10.2. The van der Waals surface area contributed by atoms with Crippen LogP contribution in [0.3, 0.4) is 0 Å². The second-order valence-electron chi connectivity index (χ2n) is 6.79. The summed E-state index contributed by atoms with van der Waals surface area (Å²) in [6.45, 7) is 2.69. The topological polar surface area (TPSA) is 96.9 Å². The number of rotatable bonds is 5. The number of aliphatic imine (C=N–C) groups is 2. The highest BCUT2D eigenvalue weighted by molar-refractivity contribution is 6.06. The number of benzene rings is 2. The summed E-state index contributed by atoms with van der Waals surface area (Å²) < 4.78 is 16.4. The minimum atomic E-state index is -0.509. The highest BCUT2D eigenvalue weighted by Gasteiger charge is 2.33. The molecular formula is C21H27ClN6O3. The van der Waals surface area contributed by atoms with Crippen LogP contribution in [0.1, 0.15) is 0 Å². The Morgan fingerprint density at radius 2 is 1.74 bits per heavy atom. The summed E-state index contributed by atoms with van der Waals surface area (Å²) in [4.78, 5) is 13.3. The van der Waals surface area contributed by atoms with Gasteiger partial charge in [-0.25, -0.2) is 4.99 Å². The summed E-state index contributed by atoms with van der Waals surface area (Å²) in [5, 5.41) is 3.44. The number of morpholine rings is 1. The summed E-state index contributed by atoms with van der Waals surface area (Å²) in [5.74, 6) is 2.43. The van der Waals surface area contributed by atoms with Crippen LogP contribution in [0, 0.1) is 0 Å². The van der Waals surface area contributed by atoms with Gasteiger partial charge in [0.05, 0.1) is 33.1 Å². The normalized spacial score (nSPS) is 18.5. The molecule has 3 N–H and O–H groups in total.